The molecule has 0 saturated carbocycles. The first kappa shape index (κ1) is 37.4. The monoisotopic (exact) mass is 745 g/mol. The summed E-state index contributed by atoms with van der Waals surface area (Å²) in [6.45, 7) is 3.11. The van der Waals surface area contributed by atoms with Crippen LogP contribution in [0.5, 0.6) is 5.75 Å². The topological polar surface area (TPSA) is 100 Å². The lowest BCUT2D eigenvalue weighted by Crippen LogP contribution is -2.69. The number of aliphatic carboxylic acids is 1. The van der Waals surface area contributed by atoms with E-state index in [-0.39, 0.29) is 50.9 Å². The molecule has 0 bridgehead atoms. The molecule has 4 heterocycles. The lowest BCUT2D eigenvalue weighted by Gasteiger charge is -2.51. The Morgan fingerprint density at radius 3 is 2.48 bits per heavy atom. The van der Waals surface area contributed by atoms with Crippen molar-refractivity contribution in [1.82, 2.24) is 14.8 Å². The fourth-order valence-electron chi connectivity index (χ4n) is 6.89. The van der Waals surface area contributed by atoms with Crippen LogP contribution in [0, 0.1) is 5.92 Å². The number of rotatable bonds is 9. The molecule has 1 saturated heterocycles. The van der Waals surface area contributed by atoms with E-state index < -0.39 is 69.9 Å². The highest BCUT2D eigenvalue weighted by atomic mass is 35.5. The molecule has 270 valence electrons. The summed E-state index contributed by atoms with van der Waals surface area (Å²) in [6.07, 6.45) is -8.07. The maximum atomic E-state index is 15.2. The summed E-state index contributed by atoms with van der Waals surface area (Å²) < 4.78 is 89.6. The predicted octanol–water partition coefficient (Wildman–Crippen LogP) is 8.12. The second-order valence-electron chi connectivity index (χ2n) is 12.6. The van der Waals surface area contributed by atoms with Crippen LogP contribution in [-0.4, -0.2) is 61.9 Å². The molecule has 3 aromatic rings. The summed E-state index contributed by atoms with van der Waals surface area (Å²) in [4.78, 5) is 46.6. The Hall–Kier alpha value is -3.85. The van der Waals surface area contributed by atoms with Gasteiger partial charge in [-0.3, -0.25) is 19.4 Å². The highest BCUT2D eigenvalue weighted by Gasteiger charge is 2.57. The molecular formula is C34H34ClF6N3O5S. The van der Waals surface area contributed by atoms with Gasteiger partial charge in [0.1, 0.15) is 16.3 Å². The maximum Gasteiger partial charge on any atom is 0.425 e. The van der Waals surface area contributed by atoms with Crippen molar-refractivity contribution in [3.63, 3.8) is 0 Å². The van der Waals surface area contributed by atoms with Gasteiger partial charge in [0.05, 0.1) is 17.5 Å². The molecule has 1 aromatic carbocycles. The van der Waals surface area contributed by atoms with E-state index in [4.69, 9.17) is 16.3 Å². The average Bonchev–Trinajstić information content (AvgIpc) is 3.53. The molecule has 0 radical (unpaired) electrons. The molecular weight excluding hydrogens is 712 g/mol. The number of nitrogens with zero attached hydrogens (tertiary/aromatic N) is 3. The van der Waals surface area contributed by atoms with Crippen LogP contribution in [0.3, 0.4) is 0 Å². The number of amides is 2. The third-order valence-electron chi connectivity index (χ3n) is 9.23. The number of carboxylic acids is 1. The van der Waals surface area contributed by atoms with Crippen LogP contribution in [0.4, 0.5) is 26.3 Å². The van der Waals surface area contributed by atoms with E-state index in [0.717, 1.165) is 40.2 Å². The Kier molecular flexibility index (Phi) is 10.8. The van der Waals surface area contributed by atoms with Gasteiger partial charge in [0, 0.05) is 48.2 Å². The van der Waals surface area contributed by atoms with Gasteiger partial charge in [-0.25, -0.2) is 0 Å². The first-order valence-electron chi connectivity index (χ1n) is 15.9. The van der Waals surface area contributed by atoms with Crippen molar-refractivity contribution in [1.29, 1.82) is 0 Å². The van der Waals surface area contributed by atoms with Gasteiger partial charge >= 0.3 is 18.3 Å². The molecule has 1 fully saturated rings. The van der Waals surface area contributed by atoms with Gasteiger partial charge in [0.25, 0.3) is 11.8 Å². The minimum atomic E-state index is -4.93. The fraction of sp³-hybridized carbons (Fsp3) is 0.471. The second kappa shape index (κ2) is 14.4. The zero-order valence-electron chi connectivity index (χ0n) is 27.0. The quantitative estimate of drug-likeness (QED) is 0.222. The first-order valence-corrected chi connectivity index (χ1v) is 17.2. The smallest absolute Gasteiger partial charge is 0.425 e. The lowest BCUT2D eigenvalue weighted by molar-refractivity contribution is -0.164. The number of alkyl halides is 6. The molecule has 2 aliphatic rings. The van der Waals surface area contributed by atoms with Crippen molar-refractivity contribution in [3.8, 4) is 5.75 Å². The molecule has 2 aliphatic heterocycles. The van der Waals surface area contributed by atoms with Crippen molar-refractivity contribution < 1.29 is 50.6 Å². The largest absolute Gasteiger partial charge is 0.481 e. The molecule has 5 rings (SSSR count). The highest BCUT2D eigenvalue weighted by Crippen LogP contribution is 2.44. The van der Waals surface area contributed by atoms with Crippen LogP contribution in [0.1, 0.15) is 78.0 Å². The summed E-state index contributed by atoms with van der Waals surface area (Å²) in [5.41, 5.74) is -2.73. The summed E-state index contributed by atoms with van der Waals surface area (Å²) in [6, 6.07) is 5.63. The number of hydrogen-bond acceptors (Lipinski definition) is 6. The number of fused-ring (bicyclic) bond motifs is 1. The maximum absolute atomic E-state index is 15.2. The van der Waals surface area contributed by atoms with Gasteiger partial charge in [0.15, 0.2) is 0 Å². The number of pyridine rings is 1. The van der Waals surface area contributed by atoms with Gasteiger partial charge in [-0.15, -0.1) is 11.3 Å². The minimum Gasteiger partial charge on any atom is -0.481 e. The van der Waals surface area contributed by atoms with Crippen LogP contribution in [-0.2, 0) is 34.9 Å². The van der Waals surface area contributed by atoms with E-state index in [1.807, 2.05) is 0 Å². The number of aromatic nitrogens is 1. The van der Waals surface area contributed by atoms with E-state index in [9.17, 15) is 41.0 Å². The van der Waals surface area contributed by atoms with Gasteiger partial charge in [0.2, 0.25) is 5.60 Å². The number of carbonyl (C=O) groups is 3. The highest BCUT2D eigenvalue weighted by molar-refractivity contribution is 7.10. The van der Waals surface area contributed by atoms with E-state index in [1.54, 1.807) is 25.1 Å². The van der Waals surface area contributed by atoms with Crippen molar-refractivity contribution in [3.05, 3.63) is 80.3 Å². The van der Waals surface area contributed by atoms with E-state index >= 15 is 4.79 Å². The molecule has 0 aliphatic carbocycles. The molecule has 0 unspecified atom stereocenters. The van der Waals surface area contributed by atoms with Crippen LogP contribution in [0.2, 0.25) is 5.02 Å². The molecule has 2 amide bonds. The molecule has 1 N–H and O–H groups in total. The Morgan fingerprint density at radius 1 is 1.10 bits per heavy atom. The SMILES string of the molecule is CCC[C@H]1N(C(=O)c2ncccc2C(F)(F)F)CCC[C@@]1(Oc1csc(C(F)(F)F)c1)C(=O)N1Cc2ccc(Cl)cc2C[C@@H]1C[C@H](C)C(=O)O. The van der Waals surface area contributed by atoms with Crippen molar-refractivity contribution >= 4 is 40.7 Å². The third-order valence-corrected chi connectivity index (χ3v) is 10.4. The second-order valence-corrected chi connectivity index (χ2v) is 14.0. The van der Waals surface area contributed by atoms with Crippen LogP contribution >= 0.6 is 22.9 Å². The lowest BCUT2D eigenvalue weighted by atomic mass is 9.78. The predicted molar refractivity (Wildman–Crippen MR) is 172 cm³/mol. The number of thiophene rings is 1. The van der Waals surface area contributed by atoms with Gasteiger partial charge in [-0.2, -0.15) is 26.3 Å². The van der Waals surface area contributed by atoms with E-state index in [0.29, 0.717) is 28.3 Å². The van der Waals surface area contributed by atoms with Gasteiger partial charge < -0.3 is 19.6 Å². The van der Waals surface area contributed by atoms with Gasteiger partial charge in [-0.05, 0) is 61.1 Å². The fourth-order valence-corrected chi connectivity index (χ4v) is 7.76. The Morgan fingerprint density at radius 2 is 1.84 bits per heavy atom. The number of ether oxygens (including phenoxy) is 1. The zero-order valence-corrected chi connectivity index (χ0v) is 28.6. The molecule has 4 atom stereocenters. The number of piperidine rings is 1. The van der Waals surface area contributed by atoms with Crippen molar-refractivity contribution in [2.45, 2.75) is 89.0 Å². The Bertz CT molecular complexity index is 1750. The van der Waals surface area contributed by atoms with Crippen LogP contribution < -0.4 is 4.74 Å². The molecule has 2 aromatic heterocycles. The number of carbonyl (C=O) groups excluding carboxylic acids is 2. The molecule has 50 heavy (non-hydrogen) atoms. The van der Waals surface area contributed by atoms with Crippen molar-refractivity contribution in [2.75, 3.05) is 6.54 Å². The summed E-state index contributed by atoms with van der Waals surface area (Å²) >= 11 is 6.60. The van der Waals surface area contributed by atoms with E-state index in [2.05, 4.69) is 4.98 Å². The number of hydrogen-bond donors (Lipinski definition) is 1. The van der Waals surface area contributed by atoms with E-state index in [1.165, 1.54) is 11.8 Å². The minimum absolute atomic E-state index is 0.00372. The van der Waals surface area contributed by atoms with Crippen LogP contribution in [0.15, 0.2) is 48.0 Å². The zero-order chi connectivity index (χ0) is 36.6. The molecule has 16 heteroatoms. The standard InChI is InChI=1S/C34H34ClF6N3O5S/c1-3-6-26-32(49-24-16-27(50-18-24)34(39,40)41,10-5-12-43(26)29(45)28-25(33(36,37)38)7-4-11-42-28)31(48)44-17-20-8-9-22(35)14-21(20)15-23(44)13-19(2)30(46)47/h4,7-9,11,14,16,18-19,23,26H,3,5-6,10,12-13,15,17H2,1-2H3,(H,46,47)/t19-,23-,26+,32-/m0/s1. The molecule has 8 nitrogen and oxygen atoms in total. The van der Waals surface area contributed by atoms with Crippen LogP contribution in [0.25, 0.3) is 0 Å². The van der Waals surface area contributed by atoms with Crippen molar-refractivity contribution in [2.24, 2.45) is 5.92 Å². The Balaban J connectivity index is 1.65. The Labute approximate surface area is 293 Å². The number of carboxylic acid groups (broad SMARTS) is 1. The summed E-state index contributed by atoms with van der Waals surface area (Å²) in [7, 11) is 0. The normalized spacial score (nSPS) is 21.8. The number of halogens is 7. The first-order chi connectivity index (χ1) is 23.5. The number of likely N-dealkylation sites (tertiary alicyclic amines) is 1. The number of benzene rings is 1. The summed E-state index contributed by atoms with van der Waals surface area (Å²) in [5.74, 6) is -4.12. The summed E-state index contributed by atoms with van der Waals surface area (Å²) in [5, 5.41) is 11.3. The third kappa shape index (κ3) is 7.58. The van der Waals surface area contributed by atoms with Gasteiger partial charge in [-0.1, -0.05) is 37.9 Å². The average molecular weight is 746 g/mol. The molecule has 0 spiro atoms.